The topological polar surface area (TPSA) is 37.3 Å². The number of aromatic carboxylic acids is 1. The third-order valence-corrected chi connectivity index (χ3v) is 3.47. The molecule has 0 spiro atoms. The van der Waals surface area contributed by atoms with Crippen LogP contribution in [-0.4, -0.2) is 11.1 Å². The molecule has 0 saturated heterocycles. The molecular formula is C17H17FO2. The van der Waals surface area contributed by atoms with Crippen LogP contribution in [0.2, 0.25) is 0 Å². The minimum absolute atomic E-state index is 0.293. The van der Waals surface area contributed by atoms with Gasteiger partial charge in [0.15, 0.2) is 0 Å². The highest BCUT2D eigenvalue weighted by atomic mass is 19.1. The first-order valence-electron chi connectivity index (χ1n) is 6.71. The standard InChI is InChI=1S/C17H17FO2/c1-3-11-5-6-12(4-2)15(9-11)13-7-8-14(17(19)20)16(18)10-13/h5-10H,3-4H2,1-2H3,(H,19,20). The van der Waals surface area contributed by atoms with Gasteiger partial charge >= 0.3 is 5.97 Å². The predicted molar refractivity (Wildman–Crippen MR) is 77.6 cm³/mol. The number of benzene rings is 2. The van der Waals surface area contributed by atoms with Crippen LogP contribution in [0.25, 0.3) is 11.1 Å². The summed E-state index contributed by atoms with van der Waals surface area (Å²) in [5, 5.41) is 8.87. The third-order valence-electron chi connectivity index (χ3n) is 3.47. The van der Waals surface area contributed by atoms with Gasteiger partial charge < -0.3 is 5.11 Å². The molecule has 0 aliphatic carbocycles. The Hall–Kier alpha value is -2.16. The van der Waals surface area contributed by atoms with Crippen molar-refractivity contribution in [2.45, 2.75) is 26.7 Å². The highest BCUT2D eigenvalue weighted by molar-refractivity contribution is 5.88. The quantitative estimate of drug-likeness (QED) is 0.900. The fourth-order valence-corrected chi connectivity index (χ4v) is 2.28. The first-order chi connectivity index (χ1) is 9.56. The molecular weight excluding hydrogens is 255 g/mol. The van der Waals surface area contributed by atoms with Crippen LogP contribution in [0.5, 0.6) is 0 Å². The lowest BCUT2D eigenvalue weighted by atomic mass is 9.94. The van der Waals surface area contributed by atoms with Crippen molar-refractivity contribution in [3.63, 3.8) is 0 Å². The largest absolute Gasteiger partial charge is 0.478 e. The molecule has 0 saturated carbocycles. The Labute approximate surface area is 117 Å². The van der Waals surface area contributed by atoms with Gasteiger partial charge in [0, 0.05) is 0 Å². The summed E-state index contributed by atoms with van der Waals surface area (Å²) in [6.45, 7) is 4.12. The van der Waals surface area contributed by atoms with E-state index in [2.05, 4.69) is 19.1 Å². The van der Waals surface area contributed by atoms with Gasteiger partial charge in [0.2, 0.25) is 0 Å². The molecule has 0 heterocycles. The van der Waals surface area contributed by atoms with Gasteiger partial charge in [-0.25, -0.2) is 9.18 Å². The molecule has 2 rings (SSSR count). The van der Waals surface area contributed by atoms with Crippen molar-refractivity contribution in [1.82, 2.24) is 0 Å². The number of carboxylic acid groups (broad SMARTS) is 1. The zero-order valence-corrected chi connectivity index (χ0v) is 11.6. The molecule has 0 unspecified atom stereocenters. The van der Waals surface area contributed by atoms with Crippen molar-refractivity contribution in [3.8, 4) is 11.1 Å². The molecule has 3 heteroatoms. The molecule has 0 radical (unpaired) electrons. The van der Waals surface area contributed by atoms with Crippen molar-refractivity contribution in [1.29, 1.82) is 0 Å². The number of hydrogen-bond acceptors (Lipinski definition) is 1. The van der Waals surface area contributed by atoms with E-state index in [1.807, 2.05) is 13.0 Å². The van der Waals surface area contributed by atoms with Gasteiger partial charge in [-0.2, -0.15) is 0 Å². The van der Waals surface area contributed by atoms with Crippen LogP contribution in [0.3, 0.4) is 0 Å². The fraction of sp³-hybridized carbons (Fsp3) is 0.235. The zero-order chi connectivity index (χ0) is 14.7. The Bertz CT molecular complexity index is 647. The van der Waals surface area contributed by atoms with Gasteiger partial charge in [-0.1, -0.05) is 38.1 Å². The fourth-order valence-electron chi connectivity index (χ4n) is 2.28. The van der Waals surface area contributed by atoms with Crippen LogP contribution in [0.4, 0.5) is 4.39 Å². The van der Waals surface area contributed by atoms with Gasteiger partial charge in [0.25, 0.3) is 0 Å². The lowest BCUT2D eigenvalue weighted by molar-refractivity contribution is 0.0692. The Balaban J connectivity index is 2.55. The molecule has 0 atom stereocenters. The number of carboxylic acids is 1. The molecule has 2 aromatic rings. The van der Waals surface area contributed by atoms with Gasteiger partial charge in [0.1, 0.15) is 5.82 Å². The smallest absolute Gasteiger partial charge is 0.338 e. The van der Waals surface area contributed by atoms with Gasteiger partial charge in [-0.05, 0) is 47.2 Å². The maximum Gasteiger partial charge on any atom is 0.338 e. The van der Waals surface area contributed by atoms with E-state index in [4.69, 9.17) is 5.11 Å². The minimum atomic E-state index is -1.24. The first-order valence-corrected chi connectivity index (χ1v) is 6.71. The van der Waals surface area contributed by atoms with Crippen molar-refractivity contribution in [3.05, 3.63) is 58.9 Å². The van der Waals surface area contributed by atoms with E-state index >= 15 is 0 Å². The highest BCUT2D eigenvalue weighted by Crippen LogP contribution is 2.27. The molecule has 0 aliphatic rings. The monoisotopic (exact) mass is 272 g/mol. The molecule has 1 N–H and O–H groups in total. The number of rotatable bonds is 4. The Kier molecular flexibility index (Phi) is 4.18. The van der Waals surface area contributed by atoms with Crippen LogP contribution in [0, 0.1) is 5.82 Å². The lowest BCUT2D eigenvalue weighted by Gasteiger charge is -2.11. The van der Waals surface area contributed by atoms with E-state index in [1.54, 1.807) is 6.07 Å². The van der Waals surface area contributed by atoms with Crippen molar-refractivity contribution < 1.29 is 14.3 Å². The average molecular weight is 272 g/mol. The maximum absolute atomic E-state index is 13.8. The second-order valence-corrected chi connectivity index (χ2v) is 4.70. The van der Waals surface area contributed by atoms with E-state index in [-0.39, 0.29) is 5.56 Å². The molecule has 2 aromatic carbocycles. The second kappa shape index (κ2) is 5.87. The summed E-state index contributed by atoms with van der Waals surface area (Å²) in [7, 11) is 0. The zero-order valence-electron chi connectivity index (χ0n) is 11.6. The van der Waals surface area contributed by atoms with Crippen LogP contribution in [-0.2, 0) is 12.8 Å². The molecule has 0 fully saturated rings. The number of carbonyl (C=O) groups is 1. The predicted octanol–water partition coefficient (Wildman–Crippen LogP) is 4.32. The summed E-state index contributed by atoms with van der Waals surface area (Å²) in [6.07, 6.45) is 1.76. The van der Waals surface area contributed by atoms with Gasteiger partial charge in [-0.3, -0.25) is 0 Å². The summed E-state index contributed by atoms with van der Waals surface area (Å²) < 4.78 is 13.8. The molecule has 2 nitrogen and oxygen atoms in total. The van der Waals surface area contributed by atoms with Crippen molar-refractivity contribution in [2.75, 3.05) is 0 Å². The van der Waals surface area contributed by atoms with E-state index in [9.17, 15) is 9.18 Å². The summed E-state index contributed by atoms with van der Waals surface area (Å²) in [5.41, 5.74) is 3.71. The molecule has 0 aliphatic heterocycles. The van der Waals surface area contributed by atoms with E-state index in [1.165, 1.54) is 17.7 Å². The Morgan fingerprint density at radius 3 is 2.40 bits per heavy atom. The number of aryl methyl sites for hydroxylation is 2. The van der Waals surface area contributed by atoms with Crippen LogP contribution in [0.15, 0.2) is 36.4 Å². The lowest BCUT2D eigenvalue weighted by Crippen LogP contribution is -2.00. The molecule has 0 amide bonds. The minimum Gasteiger partial charge on any atom is -0.478 e. The summed E-state index contributed by atoms with van der Waals surface area (Å²) in [5.74, 6) is -1.94. The second-order valence-electron chi connectivity index (χ2n) is 4.70. The molecule has 20 heavy (non-hydrogen) atoms. The summed E-state index contributed by atoms with van der Waals surface area (Å²) in [4.78, 5) is 10.9. The van der Waals surface area contributed by atoms with Gasteiger partial charge in [0.05, 0.1) is 5.56 Å². The highest BCUT2D eigenvalue weighted by Gasteiger charge is 2.12. The Morgan fingerprint density at radius 2 is 1.85 bits per heavy atom. The van der Waals surface area contributed by atoms with E-state index in [0.717, 1.165) is 29.5 Å². The normalized spacial score (nSPS) is 10.6. The Morgan fingerprint density at radius 1 is 1.10 bits per heavy atom. The summed E-state index contributed by atoms with van der Waals surface area (Å²) >= 11 is 0. The van der Waals surface area contributed by atoms with Crippen LogP contribution >= 0.6 is 0 Å². The average Bonchev–Trinajstić information content (AvgIpc) is 2.46. The number of hydrogen-bond donors (Lipinski definition) is 1. The SMILES string of the molecule is CCc1ccc(CC)c(-c2ccc(C(=O)O)c(F)c2)c1. The maximum atomic E-state index is 13.8. The number of halogens is 1. The van der Waals surface area contributed by atoms with Crippen LogP contribution < -0.4 is 0 Å². The molecule has 0 aromatic heterocycles. The van der Waals surface area contributed by atoms with E-state index < -0.39 is 11.8 Å². The third kappa shape index (κ3) is 2.72. The molecule has 104 valence electrons. The molecule has 0 bridgehead atoms. The van der Waals surface area contributed by atoms with Crippen molar-refractivity contribution in [2.24, 2.45) is 0 Å². The summed E-state index contributed by atoms with van der Waals surface area (Å²) in [6, 6.07) is 10.5. The van der Waals surface area contributed by atoms with Crippen LogP contribution in [0.1, 0.15) is 35.3 Å². The first kappa shape index (κ1) is 14.3. The van der Waals surface area contributed by atoms with E-state index in [0.29, 0.717) is 0 Å². The van der Waals surface area contributed by atoms with Crippen molar-refractivity contribution >= 4 is 5.97 Å². The van der Waals surface area contributed by atoms with Gasteiger partial charge in [-0.15, -0.1) is 0 Å².